The van der Waals surface area contributed by atoms with Gasteiger partial charge in [-0.25, -0.2) is 8.42 Å². The Morgan fingerprint density at radius 3 is 2.55 bits per heavy atom. The molecular weight excluding hydrogens is 308 g/mol. The van der Waals surface area contributed by atoms with Crippen LogP contribution in [0, 0.1) is 10.1 Å². The minimum atomic E-state index is -3.62. The molecule has 2 rings (SSSR count). The van der Waals surface area contributed by atoms with Gasteiger partial charge in [-0.1, -0.05) is 12.1 Å². The van der Waals surface area contributed by atoms with Crippen molar-refractivity contribution in [2.45, 2.75) is 17.7 Å². The van der Waals surface area contributed by atoms with Gasteiger partial charge in [0.05, 0.1) is 23.9 Å². The normalized spacial score (nSPS) is 16.5. The summed E-state index contributed by atoms with van der Waals surface area (Å²) in [6.07, 6.45) is 1.24. The van der Waals surface area contributed by atoms with Crippen molar-refractivity contribution in [1.29, 1.82) is 0 Å². The average molecular weight is 328 g/mol. The van der Waals surface area contributed by atoms with Crippen LogP contribution >= 0.6 is 0 Å². The maximum absolute atomic E-state index is 12.3. The number of morpholine rings is 1. The second kappa shape index (κ2) is 7.66. The van der Waals surface area contributed by atoms with Gasteiger partial charge in [-0.2, -0.15) is 0 Å². The second-order valence-corrected chi connectivity index (χ2v) is 7.28. The Hall–Kier alpha value is -1.51. The SMILES string of the molecule is O=[N+]([O-])c1ccccc1S(=O)(=O)CCCCN1CCOCC1. The minimum Gasteiger partial charge on any atom is -0.379 e. The number of unbranched alkanes of at least 4 members (excludes halogenated alkanes) is 1. The molecule has 0 radical (unpaired) electrons. The second-order valence-electron chi connectivity index (χ2n) is 5.20. The first-order valence-electron chi connectivity index (χ1n) is 7.27. The van der Waals surface area contributed by atoms with Crippen LogP contribution in [0.15, 0.2) is 29.2 Å². The van der Waals surface area contributed by atoms with E-state index < -0.39 is 14.8 Å². The zero-order valence-electron chi connectivity index (χ0n) is 12.3. The van der Waals surface area contributed by atoms with E-state index in [4.69, 9.17) is 4.74 Å². The van der Waals surface area contributed by atoms with Gasteiger partial charge < -0.3 is 4.74 Å². The van der Waals surface area contributed by atoms with Gasteiger partial charge in [-0.15, -0.1) is 0 Å². The Morgan fingerprint density at radius 1 is 1.18 bits per heavy atom. The summed E-state index contributed by atoms with van der Waals surface area (Å²) in [7, 11) is -3.62. The number of hydrogen-bond donors (Lipinski definition) is 0. The van der Waals surface area contributed by atoms with E-state index in [1.807, 2.05) is 0 Å². The quantitative estimate of drug-likeness (QED) is 0.428. The van der Waals surface area contributed by atoms with Gasteiger partial charge in [0.1, 0.15) is 4.90 Å². The topological polar surface area (TPSA) is 89.8 Å². The first-order chi connectivity index (χ1) is 10.5. The van der Waals surface area contributed by atoms with Crippen LogP contribution in [0.1, 0.15) is 12.8 Å². The van der Waals surface area contributed by atoms with E-state index in [9.17, 15) is 18.5 Å². The summed E-state index contributed by atoms with van der Waals surface area (Å²) < 4.78 is 29.8. The fourth-order valence-corrected chi connectivity index (χ4v) is 3.98. The first-order valence-corrected chi connectivity index (χ1v) is 8.92. The first kappa shape index (κ1) is 16.9. The number of rotatable bonds is 7. The van der Waals surface area contributed by atoms with Crippen molar-refractivity contribution in [2.24, 2.45) is 0 Å². The molecule has 0 amide bonds. The fraction of sp³-hybridized carbons (Fsp3) is 0.571. The minimum absolute atomic E-state index is 0.0673. The molecule has 1 aromatic carbocycles. The van der Waals surface area contributed by atoms with Crippen molar-refractivity contribution in [3.63, 3.8) is 0 Å². The summed E-state index contributed by atoms with van der Waals surface area (Å²) in [5.41, 5.74) is -0.351. The average Bonchev–Trinajstić information content (AvgIpc) is 2.52. The summed E-state index contributed by atoms with van der Waals surface area (Å²) in [6, 6.07) is 5.50. The Morgan fingerprint density at radius 2 is 1.86 bits per heavy atom. The van der Waals surface area contributed by atoms with Crippen LogP contribution < -0.4 is 0 Å². The van der Waals surface area contributed by atoms with Crippen LogP contribution in [0.3, 0.4) is 0 Å². The molecule has 1 aliphatic heterocycles. The van der Waals surface area contributed by atoms with Gasteiger partial charge in [0, 0.05) is 19.2 Å². The van der Waals surface area contributed by atoms with Crippen LogP contribution in [-0.4, -0.2) is 56.8 Å². The predicted octanol–water partition coefficient (Wildman–Crippen LogP) is 1.48. The lowest BCUT2D eigenvalue weighted by Gasteiger charge is -2.26. The van der Waals surface area contributed by atoms with Gasteiger partial charge in [0.25, 0.3) is 5.69 Å². The highest BCUT2D eigenvalue weighted by molar-refractivity contribution is 7.91. The molecule has 8 heteroatoms. The lowest BCUT2D eigenvalue weighted by Crippen LogP contribution is -2.36. The molecule has 1 fully saturated rings. The van der Waals surface area contributed by atoms with Gasteiger partial charge in [-0.3, -0.25) is 15.0 Å². The van der Waals surface area contributed by atoms with E-state index in [1.165, 1.54) is 24.3 Å². The molecule has 0 atom stereocenters. The third-order valence-corrected chi connectivity index (χ3v) is 5.48. The zero-order chi connectivity index (χ0) is 16.0. The molecule has 1 heterocycles. The number of nitrogens with zero attached hydrogens (tertiary/aromatic N) is 2. The number of para-hydroxylation sites is 1. The van der Waals surface area contributed by atoms with Crippen LogP contribution in [0.4, 0.5) is 5.69 Å². The van der Waals surface area contributed by atoms with Crippen molar-refractivity contribution in [2.75, 3.05) is 38.6 Å². The maximum Gasteiger partial charge on any atom is 0.287 e. The molecule has 0 unspecified atom stereocenters. The number of ether oxygens (including phenoxy) is 1. The molecule has 1 aromatic rings. The van der Waals surface area contributed by atoms with Crippen LogP contribution in [0.2, 0.25) is 0 Å². The van der Waals surface area contributed by atoms with Gasteiger partial charge in [0.2, 0.25) is 0 Å². The van der Waals surface area contributed by atoms with E-state index in [2.05, 4.69) is 4.90 Å². The highest BCUT2D eigenvalue weighted by atomic mass is 32.2. The third-order valence-electron chi connectivity index (χ3n) is 3.64. The van der Waals surface area contributed by atoms with Gasteiger partial charge in [0.15, 0.2) is 9.84 Å². The molecule has 0 saturated carbocycles. The molecule has 22 heavy (non-hydrogen) atoms. The van der Waals surface area contributed by atoms with E-state index in [1.54, 1.807) is 0 Å². The molecule has 0 spiro atoms. The molecular formula is C14H20N2O5S. The molecule has 0 aromatic heterocycles. The number of sulfone groups is 1. The maximum atomic E-state index is 12.3. The van der Waals surface area contributed by atoms with Crippen molar-refractivity contribution in [1.82, 2.24) is 4.90 Å². The predicted molar refractivity (Wildman–Crippen MR) is 81.6 cm³/mol. The van der Waals surface area contributed by atoms with Gasteiger partial charge >= 0.3 is 0 Å². The van der Waals surface area contributed by atoms with Crippen molar-refractivity contribution >= 4 is 15.5 Å². The lowest BCUT2D eigenvalue weighted by molar-refractivity contribution is -0.387. The lowest BCUT2D eigenvalue weighted by atomic mass is 10.3. The monoisotopic (exact) mass is 328 g/mol. The molecule has 0 aliphatic carbocycles. The van der Waals surface area contributed by atoms with Crippen molar-refractivity contribution in [3.05, 3.63) is 34.4 Å². The van der Waals surface area contributed by atoms with Crippen LogP contribution in [0.5, 0.6) is 0 Å². The zero-order valence-corrected chi connectivity index (χ0v) is 13.1. The number of nitro groups is 1. The van der Waals surface area contributed by atoms with Crippen molar-refractivity contribution < 1.29 is 18.1 Å². The largest absolute Gasteiger partial charge is 0.379 e. The molecule has 122 valence electrons. The molecule has 7 nitrogen and oxygen atoms in total. The smallest absolute Gasteiger partial charge is 0.287 e. The standard InChI is InChI=1S/C14H20N2O5S/c17-16(18)13-5-1-2-6-14(13)22(19,20)12-4-3-7-15-8-10-21-11-9-15/h1-2,5-6H,3-4,7-12H2. The highest BCUT2D eigenvalue weighted by Crippen LogP contribution is 2.24. The summed E-state index contributed by atoms with van der Waals surface area (Å²) in [4.78, 5) is 12.3. The highest BCUT2D eigenvalue weighted by Gasteiger charge is 2.24. The van der Waals surface area contributed by atoms with E-state index in [-0.39, 0.29) is 16.3 Å². The molecule has 1 saturated heterocycles. The Kier molecular flexibility index (Phi) is 5.87. The summed E-state index contributed by atoms with van der Waals surface area (Å²) in [5, 5.41) is 10.9. The van der Waals surface area contributed by atoms with Crippen molar-refractivity contribution in [3.8, 4) is 0 Å². The summed E-state index contributed by atoms with van der Waals surface area (Å²) in [6.45, 7) is 4.01. The molecule has 0 N–H and O–H groups in total. The fourth-order valence-electron chi connectivity index (χ4n) is 2.43. The van der Waals surface area contributed by atoms with Crippen LogP contribution in [0.25, 0.3) is 0 Å². The summed E-state index contributed by atoms with van der Waals surface area (Å²) >= 11 is 0. The van der Waals surface area contributed by atoms with Gasteiger partial charge in [-0.05, 0) is 25.5 Å². The Balaban J connectivity index is 1.90. The number of hydrogen-bond acceptors (Lipinski definition) is 6. The third kappa shape index (κ3) is 4.49. The van der Waals surface area contributed by atoms with E-state index in [0.29, 0.717) is 19.6 Å². The number of nitro benzene ring substituents is 1. The van der Waals surface area contributed by atoms with E-state index >= 15 is 0 Å². The Bertz CT molecular complexity index is 611. The van der Waals surface area contributed by atoms with E-state index in [0.717, 1.165) is 26.1 Å². The molecule has 0 bridgehead atoms. The number of benzene rings is 1. The Labute approximate surface area is 129 Å². The van der Waals surface area contributed by atoms with Crippen LogP contribution in [-0.2, 0) is 14.6 Å². The molecule has 1 aliphatic rings. The summed E-state index contributed by atoms with van der Waals surface area (Å²) in [5.74, 6) is -0.0673.